The largest absolute Gasteiger partial charge is 0.493 e. The number of hydrogen-bond donors (Lipinski definition) is 1. The molecule has 4 rings (SSSR count). The van der Waals surface area contributed by atoms with Crippen LogP contribution < -0.4 is 19.9 Å². The van der Waals surface area contributed by atoms with Crippen LogP contribution in [0.2, 0.25) is 0 Å². The minimum atomic E-state index is -0.500. The van der Waals surface area contributed by atoms with Gasteiger partial charge in [-0.05, 0) is 76.8 Å². The first-order chi connectivity index (χ1) is 16.8. The maximum Gasteiger partial charge on any atom is 0.282 e. The van der Waals surface area contributed by atoms with Gasteiger partial charge < -0.3 is 19.1 Å². The molecular weight excluding hydrogens is 518 g/mol. The summed E-state index contributed by atoms with van der Waals surface area (Å²) in [6, 6.07) is 8.87. The Bertz CT molecular complexity index is 1210. The number of amides is 3. The second-order valence-electron chi connectivity index (χ2n) is 8.22. The monoisotopic (exact) mass is 543 g/mol. The van der Waals surface area contributed by atoms with E-state index in [0.29, 0.717) is 53.5 Å². The van der Waals surface area contributed by atoms with Gasteiger partial charge in [-0.3, -0.25) is 19.8 Å². The van der Waals surface area contributed by atoms with Crippen LogP contribution in [0.3, 0.4) is 0 Å². The number of aryl methyl sites for hydroxylation is 2. The molecule has 2 aliphatic rings. The summed E-state index contributed by atoms with van der Waals surface area (Å²) in [7, 11) is 1.48. The maximum absolute atomic E-state index is 13.0. The zero-order chi connectivity index (χ0) is 25.1. The van der Waals surface area contributed by atoms with E-state index in [0.717, 1.165) is 11.1 Å². The highest BCUT2D eigenvalue weighted by molar-refractivity contribution is 9.10. The highest BCUT2D eigenvalue weighted by Crippen LogP contribution is 2.37. The number of carbonyl (C=O) groups excluding carboxylic acids is 3. The van der Waals surface area contributed by atoms with Gasteiger partial charge in [0.05, 0.1) is 30.5 Å². The number of rotatable bonds is 6. The number of anilines is 1. The molecule has 1 N–H and O–H groups in total. The Kier molecular flexibility index (Phi) is 7.42. The topological polar surface area (TPSA) is 97.4 Å². The van der Waals surface area contributed by atoms with Gasteiger partial charge in [-0.1, -0.05) is 6.07 Å². The molecule has 0 aliphatic carbocycles. The number of carbonyl (C=O) groups is 3. The molecule has 0 unspecified atom stereocenters. The van der Waals surface area contributed by atoms with E-state index >= 15 is 0 Å². The lowest BCUT2D eigenvalue weighted by Crippen LogP contribution is -2.43. The smallest absolute Gasteiger partial charge is 0.282 e. The lowest BCUT2D eigenvalue weighted by atomic mass is 10.1. The first-order valence-electron chi connectivity index (χ1n) is 11.1. The highest BCUT2D eigenvalue weighted by Gasteiger charge is 2.34. The Labute approximate surface area is 211 Å². The van der Waals surface area contributed by atoms with Crippen molar-refractivity contribution in [1.82, 2.24) is 10.3 Å². The summed E-state index contributed by atoms with van der Waals surface area (Å²) in [5.41, 5.74) is 5.85. The standard InChI is InChI=1S/C25H26BrN3O6/c1-15-4-5-18(10-16(15)2)29-25(32)19(24(31)27-29)11-17-12-20(26)23(21(13-17)33-3)35-14-22(30)28-6-8-34-9-7-28/h4-5,10-13H,6-9,14H2,1-3H3,(H,27,31)/b19-11-. The summed E-state index contributed by atoms with van der Waals surface area (Å²) in [6.45, 7) is 5.85. The van der Waals surface area contributed by atoms with Crippen LogP contribution >= 0.6 is 15.9 Å². The molecule has 184 valence electrons. The van der Waals surface area contributed by atoms with Gasteiger partial charge in [0, 0.05) is 13.1 Å². The molecule has 10 heteroatoms. The van der Waals surface area contributed by atoms with Crippen LogP contribution in [-0.4, -0.2) is 62.6 Å². The van der Waals surface area contributed by atoms with Gasteiger partial charge in [-0.25, -0.2) is 5.01 Å². The van der Waals surface area contributed by atoms with Crippen molar-refractivity contribution in [2.75, 3.05) is 45.0 Å². The van der Waals surface area contributed by atoms with E-state index in [-0.39, 0.29) is 18.1 Å². The third-order valence-corrected chi connectivity index (χ3v) is 6.50. The fourth-order valence-electron chi connectivity index (χ4n) is 3.77. The third kappa shape index (κ3) is 5.33. The number of halogens is 1. The van der Waals surface area contributed by atoms with E-state index in [1.165, 1.54) is 18.2 Å². The lowest BCUT2D eigenvalue weighted by molar-refractivity contribution is -0.137. The summed E-state index contributed by atoms with van der Waals surface area (Å²) in [5, 5.41) is 1.24. The quantitative estimate of drug-likeness (QED) is 0.444. The van der Waals surface area contributed by atoms with Crippen molar-refractivity contribution in [3.63, 3.8) is 0 Å². The first-order valence-corrected chi connectivity index (χ1v) is 11.9. The number of nitrogens with zero attached hydrogens (tertiary/aromatic N) is 2. The Morgan fingerprint density at radius 2 is 1.89 bits per heavy atom. The Morgan fingerprint density at radius 1 is 1.14 bits per heavy atom. The average molecular weight is 544 g/mol. The molecule has 9 nitrogen and oxygen atoms in total. The molecule has 0 atom stereocenters. The number of benzene rings is 2. The number of morpholine rings is 1. The van der Waals surface area contributed by atoms with Gasteiger partial charge in [-0.2, -0.15) is 0 Å². The predicted molar refractivity (Wildman–Crippen MR) is 133 cm³/mol. The highest BCUT2D eigenvalue weighted by atomic mass is 79.9. The summed E-state index contributed by atoms with van der Waals surface area (Å²) in [6.07, 6.45) is 1.49. The van der Waals surface area contributed by atoms with Gasteiger partial charge in [-0.15, -0.1) is 0 Å². The van der Waals surface area contributed by atoms with Crippen molar-refractivity contribution >= 4 is 45.4 Å². The molecule has 2 aromatic carbocycles. The normalized spacial score (nSPS) is 17.1. The van der Waals surface area contributed by atoms with Crippen LogP contribution in [0.15, 0.2) is 40.4 Å². The SMILES string of the molecule is COc1cc(/C=C2/C(=O)NN(c3ccc(C)c(C)c3)C2=O)cc(Br)c1OCC(=O)N1CCOCC1. The van der Waals surface area contributed by atoms with Crippen LogP contribution in [0.4, 0.5) is 5.69 Å². The molecule has 2 heterocycles. The number of nitrogens with one attached hydrogen (secondary N) is 1. The van der Waals surface area contributed by atoms with Crippen LogP contribution in [-0.2, 0) is 19.1 Å². The van der Waals surface area contributed by atoms with Crippen LogP contribution in [0.1, 0.15) is 16.7 Å². The summed E-state index contributed by atoms with van der Waals surface area (Å²) < 4.78 is 17.0. The summed E-state index contributed by atoms with van der Waals surface area (Å²) in [5.74, 6) is -0.384. The molecule has 0 radical (unpaired) electrons. The van der Waals surface area contributed by atoms with Crippen molar-refractivity contribution in [2.45, 2.75) is 13.8 Å². The van der Waals surface area contributed by atoms with E-state index in [1.807, 2.05) is 26.0 Å². The number of hydrogen-bond acceptors (Lipinski definition) is 6. The Hall–Kier alpha value is -3.37. The van der Waals surface area contributed by atoms with E-state index < -0.39 is 11.8 Å². The molecule has 35 heavy (non-hydrogen) atoms. The third-order valence-electron chi connectivity index (χ3n) is 5.91. The number of methoxy groups -OCH3 is 1. The molecule has 0 saturated carbocycles. The van der Waals surface area contributed by atoms with Gasteiger partial charge in [0.1, 0.15) is 5.57 Å². The maximum atomic E-state index is 13.0. The number of hydrazine groups is 1. The Balaban J connectivity index is 1.53. The molecule has 0 aromatic heterocycles. The summed E-state index contributed by atoms with van der Waals surface area (Å²) in [4.78, 5) is 39.7. The fraction of sp³-hybridized carbons (Fsp3) is 0.320. The summed E-state index contributed by atoms with van der Waals surface area (Å²) >= 11 is 3.45. The molecule has 2 aliphatic heterocycles. The minimum Gasteiger partial charge on any atom is -0.493 e. The van der Waals surface area contributed by atoms with E-state index in [1.54, 1.807) is 23.1 Å². The molecular formula is C25H26BrN3O6. The predicted octanol–water partition coefficient (Wildman–Crippen LogP) is 2.77. The molecule has 0 bridgehead atoms. The van der Waals surface area contributed by atoms with Gasteiger partial charge in [0.25, 0.3) is 17.7 Å². The molecule has 3 amide bonds. The lowest BCUT2D eigenvalue weighted by Gasteiger charge is -2.27. The minimum absolute atomic E-state index is 0.00616. The molecule has 2 saturated heterocycles. The zero-order valence-corrected chi connectivity index (χ0v) is 21.3. The van der Waals surface area contributed by atoms with E-state index in [9.17, 15) is 14.4 Å². The second-order valence-corrected chi connectivity index (χ2v) is 9.08. The van der Waals surface area contributed by atoms with Crippen molar-refractivity contribution in [1.29, 1.82) is 0 Å². The molecule has 2 fully saturated rings. The first kappa shape index (κ1) is 24.7. The Morgan fingerprint density at radius 3 is 2.57 bits per heavy atom. The van der Waals surface area contributed by atoms with E-state index in [4.69, 9.17) is 14.2 Å². The van der Waals surface area contributed by atoms with Crippen LogP contribution in [0.5, 0.6) is 11.5 Å². The fourth-order valence-corrected chi connectivity index (χ4v) is 4.35. The van der Waals surface area contributed by atoms with Gasteiger partial charge in [0.15, 0.2) is 18.1 Å². The number of ether oxygens (including phenoxy) is 3. The van der Waals surface area contributed by atoms with Crippen molar-refractivity contribution in [3.05, 3.63) is 57.1 Å². The molecule has 0 spiro atoms. The van der Waals surface area contributed by atoms with Crippen LogP contribution in [0.25, 0.3) is 6.08 Å². The van der Waals surface area contributed by atoms with Gasteiger partial charge >= 0.3 is 0 Å². The van der Waals surface area contributed by atoms with Gasteiger partial charge in [0.2, 0.25) is 0 Å². The van der Waals surface area contributed by atoms with Crippen molar-refractivity contribution < 1.29 is 28.6 Å². The molecule has 2 aromatic rings. The van der Waals surface area contributed by atoms with Crippen molar-refractivity contribution in [3.8, 4) is 11.5 Å². The van der Waals surface area contributed by atoms with Crippen LogP contribution in [0, 0.1) is 13.8 Å². The van der Waals surface area contributed by atoms with E-state index in [2.05, 4.69) is 21.4 Å². The second kappa shape index (κ2) is 10.5. The van der Waals surface area contributed by atoms with Crippen molar-refractivity contribution in [2.24, 2.45) is 0 Å². The average Bonchev–Trinajstić information content (AvgIpc) is 3.13. The zero-order valence-electron chi connectivity index (χ0n) is 19.7.